The van der Waals surface area contributed by atoms with Crippen LogP contribution in [0.3, 0.4) is 0 Å². The minimum atomic E-state index is -0.708. The molecule has 0 saturated carbocycles. The van der Waals surface area contributed by atoms with Crippen molar-refractivity contribution in [1.29, 1.82) is 5.26 Å². The molecule has 0 radical (unpaired) electrons. The zero-order chi connectivity index (χ0) is 18.2. The van der Waals surface area contributed by atoms with E-state index < -0.39 is 11.9 Å². The molecule has 2 unspecified atom stereocenters. The molecular formula is C19H21FN2O3. The van der Waals surface area contributed by atoms with E-state index in [1.165, 1.54) is 13.2 Å². The minimum Gasteiger partial charge on any atom is -0.494 e. The highest BCUT2D eigenvalue weighted by Gasteiger charge is 2.12. The second-order valence-corrected chi connectivity index (χ2v) is 5.62. The Labute approximate surface area is 146 Å². The average molecular weight is 344 g/mol. The van der Waals surface area contributed by atoms with Crippen molar-refractivity contribution in [1.82, 2.24) is 5.32 Å². The van der Waals surface area contributed by atoms with Crippen LogP contribution in [0.2, 0.25) is 0 Å². The van der Waals surface area contributed by atoms with Gasteiger partial charge in [-0.3, -0.25) is 0 Å². The number of methoxy groups -OCH3 is 1. The molecule has 132 valence electrons. The van der Waals surface area contributed by atoms with Crippen LogP contribution in [0.1, 0.15) is 24.1 Å². The smallest absolute Gasteiger partial charge is 0.165 e. The van der Waals surface area contributed by atoms with Gasteiger partial charge in [0, 0.05) is 12.6 Å². The van der Waals surface area contributed by atoms with Gasteiger partial charge in [-0.15, -0.1) is 0 Å². The summed E-state index contributed by atoms with van der Waals surface area (Å²) in [6, 6.07) is 13.3. The van der Waals surface area contributed by atoms with E-state index in [1.54, 1.807) is 36.4 Å². The van der Waals surface area contributed by atoms with Crippen molar-refractivity contribution < 1.29 is 19.0 Å². The van der Waals surface area contributed by atoms with E-state index in [4.69, 9.17) is 14.7 Å². The number of nitrogens with zero attached hydrogens (tertiary/aromatic N) is 1. The fourth-order valence-corrected chi connectivity index (χ4v) is 2.25. The maximum absolute atomic E-state index is 13.4. The number of hydrogen-bond acceptors (Lipinski definition) is 5. The van der Waals surface area contributed by atoms with Crippen LogP contribution < -0.4 is 14.8 Å². The Bertz CT molecular complexity index is 728. The molecule has 25 heavy (non-hydrogen) atoms. The molecule has 0 aliphatic carbocycles. The first-order chi connectivity index (χ1) is 12.0. The van der Waals surface area contributed by atoms with Crippen LogP contribution in [-0.4, -0.2) is 31.5 Å². The summed E-state index contributed by atoms with van der Waals surface area (Å²) in [5, 5.41) is 21.9. The molecule has 0 aliphatic rings. The van der Waals surface area contributed by atoms with Crippen LogP contribution in [0, 0.1) is 17.1 Å². The zero-order valence-electron chi connectivity index (χ0n) is 14.2. The van der Waals surface area contributed by atoms with E-state index >= 15 is 0 Å². The molecule has 0 aromatic heterocycles. The molecule has 0 saturated heterocycles. The quantitative estimate of drug-likeness (QED) is 0.770. The van der Waals surface area contributed by atoms with Gasteiger partial charge in [-0.1, -0.05) is 6.07 Å². The molecular weight excluding hydrogens is 323 g/mol. The maximum Gasteiger partial charge on any atom is 0.165 e. The van der Waals surface area contributed by atoms with Crippen LogP contribution in [-0.2, 0) is 0 Å². The highest BCUT2D eigenvalue weighted by molar-refractivity contribution is 5.34. The number of halogens is 1. The van der Waals surface area contributed by atoms with Gasteiger partial charge in [-0.25, -0.2) is 4.39 Å². The topological polar surface area (TPSA) is 74.5 Å². The number of nitriles is 1. The lowest BCUT2D eigenvalue weighted by Crippen LogP contribution is -2.33. The number of ether oxygens (including phenoxy) is 2. The summed E-state index contributed by atoms with van der Waals surface area (Å²) in [6.07, 6.45) is -0.708. The van der Waals surface area contributed by atoms with Gasteiger partial charge in [0.25, 0.3) is 0 Å². The van der Waals surface area contributed by atoms with Gasteiger partial charge in [0.15, 0.2) is 11.6 Å². The van der Waals surface area contributed by atoms with E-state index in [1.807, 2.05) is 13.0 Å². The van der Waals surface area contributed by atoms with E-state index in [9.17, 15) is 9.50 Å². The fraction of sp³-hybridized carbons (Fsp3) is 0.316. The lowest BCUT2D eigenvalue weighted by molar-refractivity contribution is 0.104. The van der Waals surface area contributed by atoms with Crippen molar-refractivity contribution in [2.75, 3.05) is 20.3 Å². The third-order valence-electron chi connectivity index (χ3n) is 3.76. The zero-order valence-corrected chi connectivity index (χ0v) is 14.2. The van der Waals surface area contributed by atoms with Gasteiger partial charge in [0.1, 0.15) is 18.5 Å². The molecule has 6 heteroatoms. The highest BCUT2D eigenvalue weighted by Crippen LogP contribution is 2.22. The Balaban J connectivity index is 1.80. The molecule has 2 aromatic carbocycles. The summed E-state index contributed by atoms with van der Waals surface area (Å²) in [6.45, 7) is 2.36. The van der Waals surface area contributed by atoms with Gasteiger partial charge in [-0.05, 0) is 48.9 Å². The third-order valence-corrected chi connectivity index (χ3v) is 3.76. The summed E-state index contributed by atoms with van der Waals surface area (Å²) < 4.78 is 23.9. The Morgan fingerprint density at radius 3 is 2.60 bits per heavy atom. The number of hydrogen-bond donors (Lipinski definition) is 2. The molecule has 2 rings (SSSR count). The first-order valence-electron chi connectivity index (χ1n) is 7.91. The lowest BCUT2D eigenvalue weighted by Gasteiger charge is -2.18. The Morgan fingerprint density at radius 2 is 1.96 bits per heavy atom. The molecule has 0 aliphatic heterocycles. The van der Waals surface area contributed by atoms with Crippen molar-refractivity contribution in [2.45, 2.75) is 19.1 Å². The van der Waals surface area contributed by atoms with Gasteiger partial charge in [-0.2, -0.15) is 5.26 Å². The normalized spacial score (nSPS) is 12.9. The van der Waals surface area contributed by atoms with E-state index in [-0.39, 0.29) is 18.4 Å². The second-order valence-electron chi connectivity index (χ2n) is 5.62. The van der Waals surface area contributed by atoms with Crippen molar-refractivity contribution in [3.63, 3.8) is 0 Å². The minimum absolute atomic E-state index is 0.0842. The standard InChI is InChI=1S/C19H21FN2O3/c1-13(15-5-8-18(20)19(9-15)24-2)22-11-16(23)12-25-17-6-3-14(10-21)4-7-17/h3-9,13,16,22-23H,11-12H2,1-2H3. The number of nitrogens with one attached hydrogen (secondary N) is 1. The fourth-order valence-electron chi connectivity index (χ4n) is 2.25. The highest BCUT2D eigenvalue weighted by atomic mass is 19.1. The molecule has 0 spiro atoms. The van der Waals surface area contributed by atoms with E-state index in [0.717, 1.165) is 5.56 Å². The van der Waals surface area contributed by atoms with Crippen LogP contribution in [0.25, 0.3) is 0 Å². The van der Waals surface area contributed by atoms with Gasteiger partial charge in [0.2, 0.25) is 0 Å². The Kier molecular flexibility index (Phi) is 6.75. The van der Waals surface area contributed by atoms with Gasteiger partial charge < -0.3 is 19.9 Å². The SMILES string of the molecule is COc1cc(C(C)NCC(O)COc2ccc(C#N)cc2)ccc1F. The summed E-state index contributed by atoms with van der Waals surface area (Å²) in [7, 11) is 1.42. The van der Waals surface area contributed by atoms with Crippen LogP contribution in [0.5, 0.6) is 11.5 Å². The molecule has 2 aromatic rings. The molecule has 0 heterocycles. The van der Waals surface area contributed by atoms with Crippen LogP contribution >= 0.6 is 0 Å². The summed E-state index contributed by atoms with van der Waals surface area (Å²) >= 11 is 0. The van der Waals surface area contributed by atoms with Crippen LogP contribution in [0.4, 0.5) is 4.39 Å². The van der Waals surface area contributed by atoms with Crippen molar-refractivity contribution >= 4 is 0 Å². The van der Waals surface area contributed by atoms with Crippen molar-refractivity contribution in [2.24, 2.45) is 0 Å². The lowest BCUT2D eigenvalue weighted by atomic mass is 10.1. The van der Waals surface area contributed by atoms with Crippen LogP contribution in [0.15, 0.2) is 42.5 Å². The molecule has 0 fully saturated rings. The first-order valence-corrected chi connectivity index (χ1v) is 7.91. The van der Waals surface area contributed by atoms with Gasteiger partial charge >= 0.3 is 0 Å². The molecule has 0 amide bonds. The average Bonchev–Trinajstić information content (AvgIpc) is 2.65. The number of rotatable bonds is 8. The number of benzene rings is 2. The Hall–Kier alpha value is -2.62. The largest absolute Gasteiger partial charge is 0.494 e. The van der Waals surface area contributed by atoms with Crippen molar-refractivity contribution in [3.8, 4) is 17.6 Å². The maximum atomic E-state index is 13.4. The first kappa shape index (κ1) is 18.7. The molecule has 2 N–H and O–H groups in total. The Morgan fingerprint density at radius 1 is 1.24 bits per heavy atom. The van der Waals surface area contributed by atoms with E-state index in [2.05, 4.69) is 5.32 Å². The second kappa shape index (κ2) is 9.02. The van der Waals surface area contributed by atoms with E-state index in [0.29, 0.717) is 17.9 Å². The van der Waals surface area contributed by atoms with Gasteiger partial charge in [0.05, 0.1) is 18.7 Å². The molecule has 5 nitrogen and oxygen atoms in total. The predicted octanol–water partition coefficient (Wildman–Crippen LogP) is 2.80. The predicted molar refractivity (Wildman–Crippen MR) is 92.0 cm³/mol. The summed E-state index contributed by atoms with van der Waals surface area (Å²) in [4.78, 5) is 0. The monoisotopic (exact) mass is 344 g/mol. The van der Waals surface area contributed by atoms with Crippen molar-refractivity contribution in [3.05, 3.63) is 59.4 Å². The summed E-state index contributed by atoms with van der Waals surface area (Å²) in [5.74, 6) is 0.375. The molecule has 2 atom stereocenters. The number of aliphatic hydroxyl groups is 1. The summed E-state index contributed by atoms with van der Waals surface area (Å²) in [5.41, 5.74) is 1.41. The molecule has 0 bridgehead atoms. The number of aliphatic hydroxyl groups excluding tert-OH is 1. The third kappa shape index (κ3) is 5.45.